The van der Waals surface area contributed by atoms with Crippen LogP contribution < -0.4 is 16.0 Å². The van der Waals surface area contributed by atoms with Crippen LogP contribution >= 0.6 is 35.6 Å². The summed E-state index contributed by atoms with van der Waals surface area (Å²) in [6.07, 6.45) is 0. The van der Waals surface area contributed by atoms with Gasteiger partial charge in [-0.25, -0.2) is 4.99 Å². The normalized spacial score (nSPS) is 11.4. The van der Waals surface area contributed by atoms with Crippen molar-refractivity contribution in [1.82, 2.24) is 16.0 Å². The van der Waals surface area contributed by atoms with E-state index >= 15 is 0 Å². The van der Waals surface area contributed by atoms with Crippen LogP contribution in [0.2, 0.25) is 5.02 Å². The van der Waals surface area contributed by atoms with E-state index in [9.17, 15) is 4.79 Å². The first kappa shape index (κ1) is 25.2. The number of benzene rings is 2. The van der Waals surface area contributed by atoms with Gasteiger partial charge in [0.25, 0.3) is 5.91 Å². The van der Waals surface area contributed by atoms with Gasteiger partial charge in [0.15, 0.2) is 5.96 Å². The van der Waals surface area contributed by atoms with E-state index in [2.05, 4.69) is 20.9 Å². The van der Waals surface area contributed by atoms with Gasteiger partial charge in [-0.1, -0.05) is 35.9 Å². The number of nitrogens with one attached hydrogen (secondary N) is 3. The predicted molar refractivity (Wildman–Crippen MR) is 132 cm³/mol. The number of hydrogen-bond donors (Lipinski definition) is 3. The van der Waals surface area contributed by atoms with Crippen LogP contribution in [0, 0.1) is 0 Å². The van der Waals surface area contributed by atoms with Crippen molar-refractivity contribution in [3.63, 3.8) is 0 Å². The van der Waals surface area contributed by atoms with Gasteiger partial charge in [-0.05, 0) is 63.1 Å². The molecule has 0 saturated carbocycles. The maximum Gasteiger partial charge on any atom is 0.251 e. The molecule has 1 amide bonds. The fourth-order valence-electron chi connectivity index (χ4n) is 2.52. The van der Waals surface area contributed by atoms with Crippen molar-refractivity contribution in [3.8, 4) is 0 Å². The van der Waals surface area contributed by atoms with Gasteiger partial charge in [0.05, 0.1) is 6.54 Å². The second-order valence-electron chi connectivity index (χ2n) is 7.58. The second kappa shape index (κ2) is 12.0. The molecule has 2 rings (SSSR count). The van der Waals surface area contributed by atoms with Crippen molar-refractivity contribution < 1.29 is 4.79 Å². The fraction of sp³-hybridized carbons (Fsp3) is 0.364. The average molecular weight is 529 g/mol. The monoisotopic (exact) mass is 528 g/mol. The number of aliphatic imine (C=N–C) groups is 1. The molecule has 2 aromatic carbocycles. The van der Waals surface area contributed by atoms with E-state index in [0.29, 0.717) is 18.7 Å². The molecule has 0 atom stereocenters. The molecular weight excluding hydrogens is 499 g/mol. The van der Waals surface area contributed by atoms with Gasteiger partial charge in [0.1, 0.15) is 0 Å². The van der Waals surface area contributed by atoms with E-state index in [4.69, 9.17) is 11.6 Å². The summed E-state index contributed by atoms with van der Waals surface area (Å²) in [7, 11) is 0. The third kappa shape index (κ3) is 9.49. The Morgan fingerprint density at radius 1 is 1.03 bits per heavy atom. The summed E-state index contributed by atoms with van der Waals surface area (Å²) in [4.78, 5) is 17.0. The molecule has 7 heteroatoms. The largest absolute Gasteiger partial charge is 0.357 e. The summed E-state index contributed by atoms with van der Waals surface area (Å²) < 4.78 is 0. The van der Waals surface area contributed by atoms with Crippen LogP contribution in [0.3, 0.4) is 0 Å². The van der Waals surface area contributed by atoms with Gasteiger partial charge >= 0.3 is 0 Å². The molecule has 0 unspecified atom stereocenters. The Labute approximate surface area is 195 Å². The Bertz CT molecular complexity index is 816. The summed E-state index contributed by atoms with van der Waals surface area (Å²) in [5.74, 6) is 0.646. The fourth-order valence-corrected chi connectivity index (χ4v) is 2.65. The van der Waals surface area contributed by atoms with Gasteiger partial charge in [-0.15, -0.1) is 24.0 Å². The van der Waals surface area contributed by atoms with Gasteiger partial charge in [-0.3, -0.25) is 4.79 Å². The summed E-state index contributed by atoms with van der Waals surface area (Å²) >= 11 is 5.93. The van der Waals surface area contributed by atoms with Gasteiger partial charge < -0.3 is 16.0 Å². The number of amides is 1. The van der Waals surface area contributed by atoms with Crippen molar-refractivity contribution in [2.75, 3.05) is 6.54 Å². The van der Waals surface area contributed by atoms with Crippen molar-refractivity contribution in [3.05, 3.63) is 70.2 Å². The number of hydrogen-bond acceptors (Lipinski definition) is 2. The summed E-state index contributed by atoms with van der Waals surface area (Å²) in [5.41, 5.74) is 2.47. The molecule has 0 aliphatic carbocycles. The highest BCUT2D eigenvalue weighted by Gasteiger charge is 2.15. The number of guanidine groups is 1. The first-order valence-electron chi connectivity index (χ1n) is 9.45. The molecule has 0 aromatic heterocycles. The first-order chi connectivity index (χ1) is 13.3. The predicted octanol–water partition coefficient (Wildman–Crippen LogP) is 4.74. The highest BCUT2D eigenvalue weighted by molar-refractivity contribution is 14.0. The zero-order valence-corrected chi connectivity index (χ0v) is 20.5. The molecule has 0 aliphatic heterocycles. The summed E-state index contributed by atoms with van der Waals surface area (Å²) in [6.45, 7) is 9.82. The smallest absolute Gasteiger partial charge is 0.251 e. The molecule has 3 N–H and O–H groups in total. The van der Waals surface area contributed by atoms with E-state index < -0.39 is 0 Å². The Morgan fingerprint density at radius 2 is 1.72 bits per heavy atom. The van der Waals surface area contributed by atoms with Gasteiger partial charge in [0, 0.05) is 29.2 Å². The molecule has 0 heterocycles. The standard InChI is InChI=1S/C22H29ClN4O.HI/c1-5-24-21(25-14-16-9-11-19(23)12-10-16)26-15-17-7-6-8-18(13-17)20(28)27-22(2,3)4;/h6-13H,5,14-15H2,1-4H3,(H,27,28)(H2,24,25,26);1H. The number of carbonyl (C=O) groups is 1. The molecule has 0 aliphatic rings. The van der Waals surface area contributed by atoms with E-state index in [0.717, 1.165) is 28.7 Å². The number of carbonyl (C=O) groups excluding carboxylic acids is 1. The van der Waals surface area contributed by atoms with E-state index in [1.54, 1.807) is 0 Å². The van der Waals surface area contributed by atoms with E-state index in [1.807, 2.05) is 76.2 Å². The highest BCUT2D eigenvalue weighted by atomic mass is 127. The Balaban J connectivity index is 0.00000420. The van der Waals surface area contributed by atoms with Crippen LogP contribution in [0.25, 0.3) is 0 Å². The lowest BCUT2D eigenvalue weighted by molar-refractivity contribution is 0.0919. The zero-order chi connectivity index (χ0) is 20.6. The second-order valence-corrected chi connectivity index (χ2v) is 8.02. The van der Waals surface area contributed by atoms with Crippen molar-refractivity contribution in [1.29, 1.82) is 0 Å². The molecule has 0 spiro atoms. The molecular formula is C22H30ClIN4O. The maximum absolute atomic E-state index is 12.4. The maximum atomic E-state index is 12.4. The third-order valence-electron chi connectivity index (χ3n) is 3.81. The third-order valence-corrected chi connectivity index (χ3v) is 4.07. The molecule has 2 aromatic rings. The molecule has 0 radical (unpaired) electrons. The molecule has 5 nitrogen and oxygen atoms in total. The molecule has 29 heavy (non-hydrogen) atoms. The highest BCUT2D eigenvalue weighted by Crippen LogP contribution is 2.10. The van der Waals surface area contributed by atoms with Crippen LogP contribution in [0.15, 0.2) is 53.5 Å². The topological polar surface area (TPSA) is 65.5 Å². The lowest BCUT2D eigenvalue weighted by Gasteiger charge is -2.20. The SMILES string of the molecule is CCNC(=NCc1cccc(C(=O)NC(C)(C)C)c1)NCc1ccc(Cl)cc1.I. The number of halogens is 2. The average Bonchev–Trinajstić information content (AvgIpc) is 2.64. The van der Waals surface area contributed by atoms with Crippen LogP contribution in [0.1, 0.15) is 49.2 Å². The Morgan fingerprint density at radius 3 is 2.34 bits per heavy atom. The molecule has 0 fully saturated rings. The Kier molecular flexibility index (Phi) is 10.5. The first-order valence-corrected chi connectivity index (χ1v) is 9.82. The van der Waals surface area contributed by atoms with Crippen LogP contribution in [-0.4, -0.2) is 24.0 Å². The van der Waals surface area contributed by atoms with Crippen LogP contribution in [0.5, 0.6) is 0 Å². The van der Waals surface area contributed by atoms with Gasteiger partial charge in [0.2, 0.25) is 0 Å². The van der Waals surface area contributed by atoms with E-state index in [-0.39, 0.29) is 35.4 Å². The molecule has 0 bridgehead atoms. The molecule has 0 saturated heterocycles. The molecule has 158 valence electrons. The minimum atomic E-state index is -0.269. The van der Waals surface area contributed by atoms with Crippen LogP contribution in [-0.2, 0) is 13.1 Å². The van der Waals surface area contributed by atoms with Crippen molar-refractivity contribution >= 4 is 47.4 Å². The van der Waals surface area contributed by atoms with Gasteiger partial charge in [-0.2, -0.15) is 0 Å². The lowest BCUT2D eigenvalue weighted by Crippen LogP contribution is -2.40. The van der Waals surface area contributed by atoms with E-state index in [1.165, 1.54) is 0 Å². The minimum Gasteiger partial charge on any atom is -0.357 e. The quantitative estimate of drug-likeness (QED) is 0.288. The lowest BCUT2D eigenvalue weighted by atomic mass is 10.1. The Hall–Kier alpha value is -1.80. The summed E-state index contributed by atoms with van der Waals surface area (Å²) in [5, 5.41) is 10.3. The minimum absolute atomic E-state index is 0. The van der Waals surface area contributed by atoms with Crippen LogP contribution in [0.4, 0.5) is 0 Å². The van der Waals surface area contributed by atoms with Crippen molar-refractivity contribution in [2.45, 2.75) is 46.3 Å². The number of nitrogens with zero attached hydrogens (tertiary/aromatic N) is 1. The van der Waals surface area contributed by atoms with Crippen molar-refractivity contribution in [2.24, 2.45) is 4.99 Å². The number of rotatable bonds is 6. The zero-order valence-electron chi connectivity index (χ0n) is 17.4. The summed E-state index contributed by atoms with van der Waals surface area (Å²) in [6, 6.07) is 15.3.